The molecule has 2 rings (SSSR count). The lowest BCUT2D eigenvalue weighted by Crippen LogP contribution is -2.12. The number of hydrogen-bond donors (Lipinski definition) is 2. The van der Waals surface area contributed by atoms with Gasteiger partial charge in [-0.3, -0.25) is 5.41 Å². The molecule has 1 heterocycles. The Morgan fingerprint density at radius 1 is 1.47 bits per heavy atom. The van der Waals surface area contributed by atoms with E-state index in [0.29, 0.717) is 6.42 Å². The Morgan fingerprint density at radius 3 is 3.07 bits per heavy atom. The van der Waals surface area contributed by atoms with Crippen LogP contribution in [0.3, 0.4) is 0 Å². The largest absolute Gasteiger partial charge is 0.388 e. The number of fused-ring (bicyclic) bond motifs is 1. The van der Waals surface area contributed by atoms with Crippen LogP contribution in [0.4, 0.5) is 0 Å². The van der Waals surface area contributed by atoms with E-state index in [1.165, 1.54) is 24.2 Å². The van der Waals surface area contributed by atoms with Gasteiger partial charge in [-0.05, 0) is 32.1 Å². The average molecular weight is 206 g/mol. The number of nitrogens with zero attached hydrogens (tertiary/aromatic N) is 2. The fourth-order valence-corrected chi connectivity index (χ4v) is 2.16. The highest BCUT2D eigenvalue weighted by molar-refractivity contribution is 5.76. The maximum absolute atomic E-state index is 7.16. The second kappa shape index (κ2) is 4.47. The number of nitrogens with one attached hydrogen (secondary N) is 1. The van der Waals surface area contributed by atoms with Gasteiger partial charge in [-0.2, -0.15) is 0 Å². The van der Waals surface area contributed by atoms with Crippen LogP contribution in [0.2, 0.25) is 0 Å². The molecule has 1 aliphatic carbocycles. The van der Waals surface area contributed by atoms with Crippen molar-refractivity contribution in [3.05, 3.63) is 17.7 Å². The zero-order valence-corrected chi connectivity index (χ0v) is 9.00. The molecular formula is C11H18N4. The molecule has 3 N–H and O–H groups in total. The van der Waals surface area contributed by atoms with E-state index in [-0.39, 0.29) is 5.84 Å². The van der Waals surface area contributed by atoms with Crippen LogP contribution in [0.15, 0.2) is 6.33 Å². The Bertz CT molecular complexity index is 353. The predicted molar refractivity (Wildman–Crippen MR) is 60.0 cm³/mol. The summed E-state index contributed by atoms with van der Waals surface area (Å²) in [6, 6.07) is 0. The molecule has 0 bridgehead atoms. The van der Waals surface area contributed by atoms with Crippen molar-refractivity contribution in [3.8, 4) is 0 Å². The van der Waals surface area contributed by atoms with Crippen LogP contribution in [0.5, 0.6) is 0 Å². The Balaban J connectivity index is 1.96. The van der Waals surface area contributed by atoms with E-state index in [2.05, 4.69) is 9.55 Å². The van der Waals surface area contributed by atoms with E-state index in [1.54, 1.807) is 0 Å². The summed E-state index contributed by atoms with van der Waals surface area (Å²) in [7, 11) is 0. The molecule has 0 aromatic carbocycles. The molecule has 0 unspecified atom stereocenters. The summed E-state index contributed by atoms with van der Waals surface area (Å²) in [5.74, 6) is 0.281. The van der Waals surface area contributed by atoms with Crippen LogP contribution >= 0.6 is 0 Å². The van der Waals surface area contributed by atoms with Gasteiger partial charge in [-0.25, -0.2) is 4.98 Å². The number of hydrogen-bond acceptors (Lipinski definition) is 2. The van der Waals surface area contributed by atoms with Crippen molar-refractivity contribution in [3.63, 3.8) is 0 Å². The lowest BCUT2D eigenvalue weighted by molar-refractivity contribution is 0.588. The van der Waals surface area contributed by atoms with Crippen molar-refractivity contribution in [2.75, 3.05) is 0 Å². The quantitative estimate of drug-likeness (QED) is 0.578. The van der Waals surface area contributed by atoms with Gasteiger partial charge in [0.1, 0.15) is 0 Å². The summed E-state index contributed by atoms with van der Waals surface area (Å²) < 4.78 is 2.23. The number of imidazole rings is 1. The van der Waals surface area contributed by atoms with Crippen molar-refractivity contribution < 1.29 is 0 Å². The molecule has 15 heavy (non-hydrogen) atoms. The molecule has 1 aliphatic rings. The first-order chi connectivity index (χ1) is 7.27. The highest BCUT2D eigenvalue weighted by Crippen LogP contribution is 2.20. The minimum Gasteiger partial charge on any atom is -0.388 e. The number of amidine groups is 1. The molecule has 0 amide bonds. The molecule has 0 fully saturated rings. The SMILES string of the molecule is N=C(N)CCCn1cnc2c1CCCC2. The molecule has 82 valence electrons. The topological polar surface area (TPSA) is 67.7 Å². The van der Waals surface area contributed by atoms with Crippen LogP contribution in [0, 0.1) is 5.41 Å². The van der Waals surface area contributed by atoms with Gasteiger partial charge in [0.15, 0.2) is 0 Å². The Labute approximate surface area is 90.0 Å². The lowest BCUT2D eigenvalue weighted by atomic mass is 10.0. The second-order valence-corrected chi connectivity index (χ2v) is 4.17. The van der Waals surface area contributed by atoms with Gasteiger partial charge in [-0.1, -0.05) is 0 Å². The zero-order chi connectivity index (χ0) is 10.7. The molecule has 1 aromatic rings. The van der Waals surface area contributed by atoms with Crippen LogP contribution in [-0.4, -0.2) is 15.4 Å². The van der Waals surface area contributed by atoms with Crippen molar-refractivity contribution in [2.45, 2.75) is 45.1 Å². The van der Waals surface area contributed by atoms with Gasteiger partial charge >= 0.3 is 0 Å². The Hall–Kier alpha value is -1.32. The normalized spacial score (nSPS) is 14.9. The third-order valence-electron chi connectivity index (χ3n) is 2.96. The van der Waals surface area contributed by atoms with Crippen molar-refractivity contribution in [1.82, 2.24) is 9.55 Å². The molecule has 0 aliphatic heterocycles. The number of aromatic nitrogens is 2. The highest BCUT2D eigenvalue weighted by atomic mass is 15.1. The molecular weight excluding hydrogens is 188 g/mol. The van der Waals surface area contributed by atoms with Gasteiger partial charge in [0.25, 0.3) is 0 Å². The minimum absolute atomic E-state index is 0.281. The second-order valence-electron chi connectivity index (χ2n) is 4.17. The van der Waals surface area contributed by atoms with Crippen LogP contribution < -0.4 is 5.73 Å². The molecule has 1 aromatic heterocycles. The maximum Gasteiger partial charge on any atom is 0.0951 e. The highest BCUT2D eigenvalue weighted by Gasteiger charge is 2.14. The van der Waals surface area contributed by atoms with E-state index in [1.807, 2.05) is 6.33 Å². The average Bonchev–Trinajstić information content (AvgIpc) is 2.62. The van der Waals surface area contributed by atoms with E-state index < -0.39 is 0 Å². The standard InChI is InChI=1S/C11H18N4/c12-11(13)6-3-7-15-8-14-9-4-1-2-5-10(9)15/h8H,1-7H2,(H3,12,13). The molecule has 4 heteroatoms. The van der Waals surface area contributed by atoms with Gasteiger partial charge < -0.3 is 10.3 Å². The van der Waals surface area contributed by atoms with Crippen molar-refractivity contribution in [2.24, 2.45) is 5.73 Å². The number of aryl methyl sites for hydroxylation is 2. The van der Waals surface area contributed by atoms with E-state index in [4.69, 9.17) is 11.1 Å². The molecule has 0 spiro atoms. The Morgan fingerprint density at radius 2 is 2.27 bits per heavy atom. The zero-order valence-electron chi connectivity index (χ0n) is 9.00. The van der Waals surface area contributed by atoms with E-state index >= 15 is 0 Å². The Kier molecular flexibility index (Phi) is 3.04. The van der Waals surface area contributed by atoms with Crippen molar-refractivity contribution >= 4 is 5.84 Å². The molecule has 4 nitrogen and oxygen atoms in total. The monoisotopic (exact) mass is 206 g/mol. The lowest BCUT2D eigenvalue weighted by Gasteiger charge is -2.13. The van der Waals surface area contributed by atoms with E-state index in [0.717, 1.165) is 25.8 Å². The smallest absolute Gasteiger partial charge is 0.0951 e. The first kappa shape index (κ1) is 10.2. The minimum atomic E-state index is 0.281. The summed E-state index contributed by atoms with van der Waals surface area (Å²) in [6.45, 7) is 0.946. The van der Waals surface area contributed by atoms with Crippen LogP contribution in [0.1, 0.15) is 37.1 Å². The van der Waals surface area contributed by atoms with Gasteiger partial charge in [0.05, 0.1) is 17.9 Å². The van der Waals surface area contributed by atoms with Crippen molar-refractivity contribution in [1.29, 1.82) is 5.41 Å². The third-order valence-corrected chi connectivity index (χ3v) is 2.96. The molecule has 0 saturated heterocycles. The first-order valence-corrected chi connectivity index (χ1v) is 5.63. The van der Waals surface area contributed by atoms with Gasteiger partial charge in [-0.15, -0.1) is 0 Å². The maximum atomic E-state index is 7.16. The van der Waals surface area contributed by atoms with Gasteiger partial charge in [0, 0.05) is 18.7 Å². The summed E-state index contributed by atoms with van der Waals surface area (Å²) in [5.41, 5.74) is 8.02. The van der Waals surface area contributed by atoms with Crippen LogP contribution in [-0.2, 0) is 19.4 Å². The third kappa shape index (κ3) is 2.37. The van der Waals surface area contributed by atoms with Crippen LogP contribution in [0.25, 0.3) is 0 Å². The summed E-state index contributed by atoms with van der Waals surface area (Å²) in [5, 5.41) is 7.16. The predicted octanol–water partition coefficient (Wildman–Crippen LogP) is 1.48. The summed E-state index contributed by atoms with van der Waals surface area (Å²) in [4.78, 5) is 4.43. The molecule has 0 atom stereocenters. The first-order valence-electron chi connectivity index (χ1n) is 5.63. The fraction of sp³-hybridized carbons (Fsp3) is 0.636. The number of nitrogens with two attached hydrogens (primary N) is 1. The summed E-state index contributed by atoms with van der Waals surface area (Å²) >= 11 is 0. The molecule has 0 saturated carbocycles. The van der Waals surface area contributed by atoms with E-state index in [9.17, 15) is 0 Å². The fourth-order valence-electron chi connectivity index (χ4n) is 2.16. The molecule has 0 radical (unpaired) electrons. The summed E-state index contributed by atoms with van der Waals surface area (Å²) in [6.07, 6.45) is 8.43. The van der Waals surface area contributed by atoms with Gasteiger partial charge in [0.2, 0.25) is 0 Å². The number of rotatable bonds is 4.